The Hall–Kier alpha value is -2.80. The van der Waals surface area contributed by atoms with E-state index < -0.39 is 0 Å². The Bertz CT molecular complexity index is 943. The highest BCUT2D eigenvalue weighted by molar-refractivity contribution is 6.05. The number of hydrogen-bond donors (Lipinski definition) is 1. The second kappa shape index (κ2) is 6.49. The van der Waals surface area contributed by atoms with Crippen LogP contribution in [0.3, 0.4) is 0 Å². The molecule has 0 spiro atoms. The summed E-state index contributed by atoms with van der Waals surface area (Å²) in [5, 5.41) is 0.756. The molecule has 4 heterocycles. The summed E-state index contributed by atoms with van der Waals surface area (Å²) >= 11 is 0. The number of nitrogens with zero attached hydrogens (tertiary/aromatic N) is 4. The van der Waals surface area contributed by atoms with E-state index in [-0.39, 0.29) is 18.1 Å². The molecule has 1 aliphatic rings. The van der Waals surface area contributed by atoms with E-state index >= 15 is 0 Å². The minimum absolute atomic E-state index is 0.0131. The predicted octanol–water partition coefficient (Wildman–Crippen LogP) is 2.57. The van der Waals surface area contributed by atoms with Crippen molar-refractivity contribution in [3.05, 3.63) is 53.5 Å². The number of aromatic nitrogens is 4. The number of rotatable bonds is 3. The SMILES string of the molecule is CO[C@@H]1C[C@@H](c2nc(C)c(C)[nH]2)N(C(=O)c2ccnc3ccncc23)C1. The zero-order valence-electron chi connectivity index (χ0n) is 15.1. The smallest absolute Gasteiger partial charge is 0.255 e. The van der Waals surface area contributed by atoms with Gasteiger partial charge in [-0.2, -0.15) is 0 Å². The number of fused-ring (bicyclic) bond motifs is 1. The molecule has 0 radical (unpaired) electrons. The first kappa shape index (κ1) is 16.7. The first-order valence-corrected chi connectivity index (χ1v) is 8.64. The van der Waals surface area contributed by atoms with Crippen LogP contribution >= 0.6 is 0 Å². The van der Waals surface area contributed by atoms with Gasteiger partial charge in [0.1, 0.15) is 5.82 Å². The van der Waals surface area contributed by atoms with Crippen molar-refractivity contribution in [3.8, 4) is 0 Å². The fourth-order valence-electron chi connectivity index (χ4n) is 3.52. The summed E-state index contributed by atoms with van der Waals surface area (Å²) < 4.78 is 5.54. The van der Waals surface area contributed by atoms with Crippen molar-refractivity contribution >= 4 is 16.8 Å². The zero-order valence-corrected chi connectivity index (χ0v) is 15.1. The average Bonchev–Trinajstić information content (AvgIpc) is 3.24. The van der Waals surface area contributed by atoms with Crippen LogP contribution in [-0.4, -0.2) is 50.5 Å². The van der Waals surface area contributed by atoms with E-state index in [4.69, 9.17) is 4.74 Å². The van der Waals surface area contributed by atoms with Gasteiger partial charge in [-0.1, -0.05) is 0 Å². The number of carbonyl (C=O) groups is 1. The molecule has 0 aromatic carbocycles. The predicted molar refractivity (Wildman–Crippen MR) is 96.8 cm³/mol. The number of amides is 1. The molecule has 4 rings (SSSR count). The fraction of sp³-hybridized carbons (Fsp3) is 0.368. The third-order valence-corrected chi connectivity index (χ3v) is 5.09. The summed E-state index contributed by atoms with van der Waals surface area (Å²) in [6.07, 6.45) is 5.74. The zero-order chi connectivity index (χ0) is 18.3. The van der Waals surface area contributed by atoms with Gasteiger partial charge in [0, 0.05) is 49.7 Å². The Morgan fingerprint density at radius 3 is 2.88 bits per heavy atom. The van der Waals surface area contributed by atoms with Crippen LogP contribution in [0, 0.1) is 13.8 Å². The number of imidazole rings is 1. The Morgan fingerprint density at radius 2 is 2.15 bits per heavy atom. The molecule has 0 saturated carbocycles. The van der Waals surface area contributed by atoms with Gasteiger partial charge in [-0.25, -0.2) is 4.98 Å². The number of hydrogen-bond acceptors (Lipinski definition) is 5. The van der Waals surface area contributed by atoms with Gasteiger partial charge in [-0.3, -0.25) is 14.8 Å². The molecule has 1 fully saturated rings. The molecule has 3 aromatic rings. The average molecular weight is 351 g/mol. The van der Waals surface area contributed by atoms with Gasteiger partial charge in [-0.15, -0.1) is 0 Å². The van der Waals surface area contributed by atoms with Crippen molar-refractivity contribution in [2.75, 3.05) is 13.7 Å². The number of pyridine rings is 2. The summed E-state index contributed by atoms with van der Waals surface area (Å²) in [6, 6.07) is 3.42. The highest BCUT2D eigenvalue weighted by atomic mass is 16.5. The lowest BCUT2D eigenvalue weighted by atomic mass is 10.1. The van der Waals surface area contributed by atoms with Crippen molar-refractivity contribution in [2.45, 2.75) is 32.4 Å². The lowest BCUT2D eigenvalue weighted by Gasteiger charge is -2.23. The maximum Gasteiger partial charge on any atom is 0.255 e. The van der Waals surface area contributed by atoms with Crippen molar-refractivity contribution in [2.24, 2.45) is 0 Å². The van der Waals surface area contributed by atoms with Crippen molar-refractivity contribution < 1.29 is 9.53 Å². The monoisotopic (exact) mass is 351 g/mol. The van der Waals surface area contributed by atoms with Gasteiger partial charge < -0.3 is 14.6 Å². The van der Waals surface area contributed by atoms with E-state index in [1.165, 1.54) is 0 Å². The summed E-state index contributed by atoms with van der Waals surface area (Å²) in [6.45, 7) is 4.48. The Labute approximate surface area is 151 Å². The molecule has 134 valence electrons. The number of aromatic amines is 1. The van der Waals surface area contributed by atoms with Crippen molar-refractivity contribution in [3.63, 3.8) is 0 Å². The van der Waals surface area contributed by atoms with Gasteiger partial charge in [0.05, 0.1) is 28.9 Å². The van der Waals surface area contributed by atoms with Gasteiger partial charge in [0.15, 0.2) is 0 Å². The molecule has 1 amide bonds. The van der Waals surface area contributed by atoms with E-state index in [2.05, 4.69) is 19.9 Å². The maximum absolute atomic E-state index is 13.4. The Kier molecular flexibility index (Phi) is 4.16. The molecule has 1 aliphatic heterocycles. The molecule has 3 aromatic heterocycles. The molecule has 7 heteroatoms. The summed E-state index contributed by atoms with van der Waals surface area (Å²) in [5.41, 5.74) is 3.33. The highest BCUT2D eigenvalue weighted by Crippen LogP contribution is 2.34. The van der Waals surface area contributed by atoms with Crippen molar-refractivity contribution in [1.29, 1.82) is 0 Å². The van der Waals surface area contributed by atoms with E-state index in [0.717, 1.165) is 34.5 Å². The van der Waals surface area contributed by atoms with E-state index in [1.807, 2.05) is 24.8 Å². The van der Waals surface area contributed by atoms with Crippen LogP contribution in [0.25, 0.3) is 10.9 Å². The number of H-pyrrole nitrogens is 1. The number of aryl methyl sites for hydroxylation is 2. The minimum atomic E-state index is -0.139. The molecular weight excluding hydrogens is 330 g/mol. The van der Waals surface area contributed by atoms with Crippen LogP contribution in [-0.2, 0) is 4.74 Å². The second-order valence-electron chi connectivity index (χ2n) is 6.65. The topological polar surface area (TPSA) is 84.0 Å². The largest absolute Gasteiger partial charge is 0.380 e. The van der Waals surface area contributed by atoms with Crippen LogP contribution < -0.4 is 0 Å². The number of carbonyl (C=O) groups excluding carboxylic acids is 1. The normalized spacial score (nSPS) is 20.0. The van der Waals surface area contributed by atoms with Gasteiger partial charge in [0.25, 0.3) is 5.91 Å². The quantitative estimate of drug-likeness (QED) is 0.784. The molecule has 1 N–H and O–H groups in total. The van der Waals surface area contributed by atoms with Crippen LogP contribution in [0.5, 0.6) is 0 Å². The van der Waals surface area contributed by atoms with E-state index in [9.17, 15) is 4.79 Å². The van der Waals surface area contributed by atoms with Crippen LogP contribution in [0.15, 0.2) is 30.7 Å². The molecule has 2 atom stereocenters. The molecule has 1 saturated heterocycles. The van der Waals surface area contributed by atoms with Crippen LogP contribution in [0.4, 0.5) is 0 Å². The van der Waals surface area contributed by atoms with Gasteiger partial charge in [0.2, 0.25) is 0 Å². The number of ether oxygens (including phenoxy) is 1. The fourth-order valence-corrected chi connectivity index (χ4v) is 3.52. The molecule has 0 aliphatic carbocycles. The van der Waals surface area contributed by atoms with Gasteiger partial charge >= 0.3 is 0 Å². The number of likely N-dealkylation sites (tertiary alicyclic amines) is 1. The molecular formula is C19H21N5O2. The molecule has 7 nitrogen and oxygen atoms in total. The van der Waals surface area contributed by atoms with Gasteiger partial charge in [-0.05, 0) is 26.0 Å². The number of methoxy groups -OCH3 is 1. The first-order valence-electron chi connectivity index (χ1n) is 8.64. The highest BCUT2D eigenvalue weighted by Gasteiger charge is 2.39. The Balaban J connectivity index is 1.74. The van der Waals surface area contributed by atoms with E-state index in [0.29, 0.717) is 12.1 Å². The standard InChI is InChI=1S/C19H21N5O2/c1-11-12(2)23-18(22-11)17-8-13(26-3)10-24(17)19(25)14-4-7-21-16-5-6-20-9-15(14)16/h4-7,9,13,17H,8,10H2,1-3H3,(H,22,23)/t13-,17+/m1/s1. The van der Waals surface area contributed by atoms with E-state index in [1.54, 1.807) is 31.8 Å². The van der Waals surface area contributed by atoms with Crippen molar-refractivity contribution in [1.82, 2.24) is 24.8 Å². The lowest BCUT2D eigenvalue weighted by molar-refractivity contribution is 0.0686. The van der Waals surface area contributed by atoms with Crippen LogP contribution in [0.1, 0.15) is 40.0 Å². The number of nitrogens with one attached hydrogen (secondary N) is 1. The lowest BCUT2D eigenvalue weighted by Crippen LogP contribution is -2.32. The first-order chi connectivity index (χ1) is 12.6. The Morgan fingerprint density at radius 1 is 1.31 bits per heavy atom. The van der Waals surface area contributed by atoms with Crippen LogP contribution in [0.2, 0.25) is 0 Å². The molecule has 0 bridgehead atoms. The molecule has 26 heavy (non-hydrogen) atoms. The minimum Gasteiger partial charge on any atom is -0.380 e. The summed E-state index contributed by atoms with van der Waals surface area (Å²) in [4.78, 5) is 31.6. The second-order valence-corrected chi connectivity index (χ2v) is 6.65. The third-order valence-electron chi connectivity index (χ3n) is 5.09. The maximum atomic E-state index is 13.4. The summed E-state index contributed by atoms with van der Waals surface area (Å²) in [7, 11) is 1.68. The summed E-state index contributed by atoms with van der Waals surface area (Å²) in [5.74, 6) is 0.756. The third kappa shape index (κ3) is 2.74. The molecule has 0 unspecified atom stereocenters.